The fourth-order valence-corrected chi connectivity index (χ4v) is 13.1. The van der Waals surface area contributed by atoms with Crippen molar-refractivity contribution in [2.75, 3.05) is 57.4 Å². The van der Waals surface area contributed by atoms with Crippen LogP contribution in [0.25, 0.3) is 21.8 Å². The molecule has 0 atom stereocenters. The van der Waals surface area contributed by atoms with Gasteiger partial charge in [-0.15, -0.1) is 22.7 Å². The summed E-state index contributed by atoms with van der Waals surface area (Å²) in [6, 6.07) is 19.8. The van der Waals surface area contributed by atoms with Crippen molar-refractivity contribution in [3.63, 3.8) is 0 Å². The van der Waals surface area contributed by atoms with Gasteiger partial charge < -0.3 is 20.3 Å². The number of amides is 2. The van der Waals surface area contributed by atoms with Crippen LogP contribution in [0.3, 0.4) is 0 Å². The van der Waals surface area contributed by atoms with Crippen LogP contribution in [0.5, 0.6) is 0 Å². The largest absolute Gasteiger partial charge is 0.378 e. The number of nitrogens with one attached hydrogen (secondary N) is 2. The summed E-state index contributed by atoms with van der Waals surface area (Å²) < 4.78 is 6.17. The van der Waals surface area contributed by atoms with Crippen molar-refractivity contribution in [3.8, 4) is 0 Å². The molecule has 2 saturated carbocycles. The average molecular weight is 961 g/mol. The van der Waals surface area contributed by atoms with E-state index in [-0.39, 0.29) is 23.9 Å². The van der Waals surface area contributed by atoms with Gasteiger partial charge in [-0.05, 0) is 138 Å². The Kier molecular flexibility index (Phi) is 15.0. The molecule has 4 aromatic heterocycles. The van der Waals surface area contributed by atoms with Gasteiger partial charge in [0.1, 0.15) is 0 Å². The topological polar surface area (TPSA) is 129 Å². The van der Waals surface area contributed by atoms with Gasteiger partial charge in [-0.3, -0.25) is 29.4 Å². The molecule has 0 bridgehead atoms. The lowest BCUT2D eigenvalue weighted by molar-refractivity contribution is 0.0913. The van der Waals surface area contributed by atoms with E-state index in [1.807, 2.05) is 72.0 Å². The van der Waals surface area contributed by atoms with E-state index in [9.17, 15) is 9.59 Å². The van der Waals surface area contributed by atoms with Gasteiger partial charge in [0.25, 0.3) is 11.8 Å². The fraction of sp³-hybridized carbons (Fsp3) is 0.500. The maximum atomic E-state index is 13.0. The van der Waals surface area contributed by atoms with Crippen LogP contribution in [0.15, 0.2) is 73.1 Å². The SMILES string of the molecule is O=C(NC1CCC(CCN2CCc3sc(Cl)nc3C2)CC1)c1cccc2ncccc12.O=C(NC1CCC(CCN2CCc3sc(N4CCOCC4)nc3C2)CC1)c1cccc2ncccc12. The Hall–Kier alpha value is -4.57. The highest BCUT2D eigenvalue weighted by atomic mass is 35.5. The number of nitrogens with zero attached hydrogens (tertiary/aromatic N) is 7. The van der Waals surface area contributed by atoms with Crippen molar-refractivity contribution in [2.24, 2.45) is 11.8 Å². The van der Waals surface area contributed by atoms with Crippen LogP contribution >= 0.6 is 34.3 Å². The summed E-state index contributed by atoms with van der Waals surface area (Å²) in [5.74, 6) is 1.55. The van der Waals surface area contributed by atoms with Crippen molar-refractivity contribution >= 4 is 73.0 Å². The number of benzene rings is 2. The van der Waals surface area contributed by atoms with Crippen molar-refractivity contribution in [1.82, 2.24) is 40.4 Å². The molecule has 11 rings (SSSR count). The van der Waals surface area contributed by atoms with Crippen molar-refractivity contribution in [2.45, 2.75) is 102 Å². The normalized spacial score (nSPS) is 22.4. The van der Waals surface area contributed by atoms with E-state index in [4.69, 9.17) is 21.3 Å². The number of hydrogen-bond donors (Lipinski definition) is 2. The molecular weight excluding hydrogens is 898 g/mol. The summed E-state index contributed by atoms with van der Waals surface area (Å²) in [5.41, 5.74) is 5.65. The van der Waals surface area contributed by atoms with E-state index >= 15 is 0 Å². The van der Waals surface area contributed by atoms with E-state index in [2.05, 4.69) is 40.3 Å². The minimum atomic E-state index is 0.0214. The van der Waals surface area contributed by atoms with Crippen molar-refractivity contribution in [1.29, 1.82) is 0 Å². The number of anilines is 1. The summed E-state index contributed by atoms with van der Waals surface area (Å²) in [6.07, 6.45) is 17.2. The standard InChI is InChI=1S/C28H35N5O2S.C24H27ClN4OS/c34-27(23-3-1-5-24-22(23)4-2-12-29-24)30-21-8-6-20(7-9-21)10-13-32-14-11-26-25(19-32)31-28(36-26)33-15-17-35-18-16-33;25-24-28-21-15-29(14-11-22(21)31-24)13-10-16-6-8-17(9-7-16)27-23(30)19-3-1-5-20-18(19)4-2-12-26-20/h1-5,12,20-21H,6-11,13-19H2,(H,30,34);1-5,12,16-17H,6-11,13-15H2,(H,27,30). The number of rotatable bonds is 11. The second-order valence-electron chi connectivity index (χ2n) is 19.1. The highest BCUT2D eigenvalue weighted by Gasteiger charge is 2.28. The first-order valence-corrected chi connectivity index (χ1v) is 26.6. The molecule has 5 aliphatic rings. The smallest absolute Gasteiger partial charge is 0.252 e. The first-order chi connectivity index (χ1) is 32.9. The number of ether oxygens (including phenoxy) is 1. The maximum absolute atomic E-state index is 13.0. The quantitative estimate of drug-likeness (QED) is 0.130. The van der Waals surface area contributed by atoms with Gasteiger partial charge in [0, 0.05) is 95.4 Å². The number of fused-ring (bicyclic) bond motifs is 4. The van der Waals surface area contributed by atoms with Crippen LogP contribution < -0.4 is 15.5 Å². The van der Waals surface area contributed by atoms with Gasteiger partial charge in [-0.25, -0.2) is 9.97 Å². The maximum Gasteiger partial charge on any atom is 0.252 e. The second-order valence-corrected chi connectivity index (χ2v) is 21.8. The number of halogens is 1. The monoisotopic (exact) mass is 959 g/mol. The molecule has 6 aromatic rings. The van der Waals surface area contributed by atoms with Crippen molar-refractivity contribution in [3.05, 3.63) is 110 Å². The lowest BCUT2D eigenvalue weighted by Gasteiger charge is -2.32. The number of pyridine rings is 2. The third kappa shape index (κ3) is 11.5. The van der Waals surface area contributed by atoms with Crippen LogP contribution in [0, 0.1) is 11.8 Å². The van der Waals surface area contributed by atoms with Gasteiger partial charge in [-0.2, -0.15) is 0 Å². The minimum absolute atomic E-state index is 0.0214. The van der Waals surface area contributed by atoms with Crippen LogP contribution in [0.4, 0.5) is 5.13 Å². The zero-order valence-electron chi connectivity index (χ0n) is 38.3. The zero-order valence-corrected chi connectivity index (χ0v) is 40.7. The second kappa shape index (κ2) is 21.8. The number of morpholine rings is 1. The molecule has 352 valence electrons. The molecule has 2 amide bonds. The number of carbonyl (C=O) groups excluding carboxylic acids is 2. The first-order valence-electron chi connectivity index (χ1n) is 24.6. The molecule has 2 aliphatic carbocycles. The molecule has 3 fully saturated rings. The lowest BCUT2D eigenvalue weighted by Crippen LogP contribution is -2.38. The van der Waals surface area contributed by atoms with Crippen LogP contribution in [0.2, 0.25) is 4.47 Å². The predicted octanol–water partition coefficient (Wildman–Crippen LogP) is 9.35. The highest BCUT2D eigenvalue weighted by molar-refractivity contribution is 7.16. The van der Waals surface area contributed by atoms with Crippen LogP contribution in [-0.4, -0.2) is 106 Å². The summed E-state index contributed by atoms with van der Waals surface area (Å²) in [7, 11) is 0. The fourth-order valence-electron chi connectivity index (χ4n) is 10.8. The van der Waals surface area contributed by atoms with E-state index < -0.39 is 0 Å². The molecule has 7 heterocycles. The Bertz CT molecular complexity index is 2630. The van der Waals surface area contributed by atoms with Gasteiger partial charge in [0.15, 0.2) is 9.60 Å². The third-order valence-corrected chi connectivity index (χ3v) is 17.2. The molecule has 0 spiro atoms. The number of hydrogen-bond acceptors (Lipinski definition) is 12. The molecule has 15 heteroatoms. The summed E-state index contributed by atoms with van der Waals surface area (Å²) in [5, 5.41) is 9.60. The number of carbonyl (C=O) groups is 2. The molecule has 3 aliphatic heterocycles. The zero-order chi connectivity index (χ0) is 45.5. The predicted molar refractivity (Wildman–Crippen MR) is 269 cm³/mol. The molecular formula is C52H62ClN9O3S2. The highest BCUT2D eigenvalue weighted by Crippen LogP contribution is 2.34. The number of thiazole rings is 2. The Morgan fingerprint density at radius 2 is 1.13 bits per heavy atom. The summed E-state index contributed by atoms with van der Waals surface area (Å²) in [6.45, 7) is 9.97. The first kappa shape index (κ1) is 46.2. The average Bonchev–Trinajstić information content (AvgIpc) is 3.98. The third-order valence-electron chi connectivity index (χ3n) is 14.7. The van der Waals surface area contributed by atoms with Gasteiger partial charge in [0.05, 0.1) is 35.6 Å². The van der Waals surface area contributed by atoms with Gasteiger partial charge >= 0.3 is 0 Å². The minimum Gasteiger partial charge on any atom is -0.378 e. The Labute approximate surface area is 406 Å². The molecule has 12 nitrogen and oxygen atoms in total. The van der Waals surface area contributed by atoms with Gasteiger partial charge in [-0.1, -0.05) is 35.9 Å². The Morgan fingerprint density at radius 1 is 0.627 bits per heavy atom. The molecule has 2 N–H and O–H groups in total. The van der Waals surface area contributed by atoms with Crippen LogP contribution in [-0.2, 0) is 30.7 Å². The Balaban J connectivity index is 0.000000159. The van der Waals surface area contributed by atoms with Gasteiger partial charge in [0.2, 0.25) is 0 Å². The van der Waals surface area contributed by atoms with E-state index in [0.29, 0.717) is 4.47 Å². The van der Waals surface area contributed by atoms with Crippen molar-refractivity contribution < 1.29 is 14.3 Å². The molecule has 2 aromatic carbocycles. The summed E-state index contributed by atoms with van der Waals surface area (Å²) in [4.78, 5) is 54.4. The molecule has 0 radical (unpaired) electrons. The lowest BCUT2D eigenvalue weighted by atomic mass is 9.84. The Morgan fingerprint density at radius 3 is 1.67 bits per heavy atom. The molecule has 0 unspecified atom stereocenters. The van der Waals surface area contributed by atoms with E-state index in [0.717, 1.165) is 149 Å². The van der Waals surface area contributed by atoms with E-state index in [1.165, 1.54) is 64.8 Å². The van der Waals surface area contributed by atoms with E-state index in [1.54, 1.807) is 23.7 Å². The molecule has 67 heavy (non-hydrogen) atoms. The molecule has 1 saturated heterocycles. The van der Waals surface area contributed by atoms with Crippen LogP contribution in [0.1, 0.15) is 106 Å². The summed E-state index contributed by atoms with van der Waals surface area (Å²) >= 11 is 9.59. The number of aromatic nitrogens is 4.